The number of carbonyl (C=O) groups excluding carboxylic acids is 1. The van der Waals surface area contributed by atoms with E-state index in [1.54, 1.807) is 24.3 Å². The van der Waals surface area contributed by atoms with Crippen LogP contribution in [0.15, 0.2) is 67.1 Å². The predicted octanol–water partition coefficient (Wildman–Crippen LogP) is 4.84. The highest BCUT2D eigenvalue weighted by atomic mass is 16.5. The molecule has 2 heterocycles. The Morgan fingerprint density at radius 2 is 1.91 bits per heavy atom. The molecule has 4 aromatic rings. The highest BCUT2D eigenvalue weighted by molar-refractivity contribution is 6.04. The van der Waals surface area contributed by atoms with Crippen LogP contribution in [0, 0.1) is 6.57 Å². The molecule has 7 heteroatoms. The van der Waals surface area contributed by atoms with Crippen LogP contribution in [0.5, 0.6) is 11.5 Å². The minimum Gasteiger partial charge on any atom is -0.468 e. The largest absolute Gasteiger partial charge is 0.468 e. The number of ether oxygens (including phenoxy) is 1. The van der Waals surface area contributed by atoms with Crippen LogP contribution in [-0.4, -0.2) is 41.0 Å². The van der Waals surface area contributed by atoms with E-state index in [1.807, 2.05) is 66.7 Å². The minimum absolute atomic E-state index is 0.00464. The van der Waals surface area contributed by atoms with Gasteiger partial charge in [-0.2, -0.15) is 0 Å². The number of imidazole rings is 1. The summed E-state index contributed by atoms with van der Waals surface area (Å²) in [5, 5.41) is 1.93. The van der Waals surface area contributed by atoms with Crippen molar-refractivity contribution in [3.8, 4) is 11.5 Å². The number of nitrogens with zero attached hydrogens (tertiary/aromatic N) is 5. The van der Waals surface area contributed by atoms with Crippen molar-refractivity contribution >= 4 is 28.1 Å². The van der Waals surface area contributed by atoms with Crippen molar-refractivity contribution in [1.29, 1.82) is 0 Å². The van der Waals surface area contributed by atoms with Crippen LogP contribution in [0.2, 0.25) is 0 Å². The predicted molar refractivity (Wildman–Crippen MR) is 128 cm³/mol. The minimum atomic E-state index is -0.00464. The molecule has 0 atom stereocenters. The van der Waals surface area contributed by atoms with Crippen LogP contribution in [0.4, 0.5) is 11.4 Å². The first-order valence-corrected chi connectivity index (χ1v) is 10.7. The number of amides is 1. The lowest BCUT2D eigenvalue weighted by Crippen LogP contribution is -2.36. The van der Waals surface area contributed by atoms with E-state index >= 15 is 0 Å². The first-order chi connectivity index (χ1) is 16.0. The smallest absolute Gasteiger partial charge is 0.240 e. The van der Waals surface area contributed by atoms with Gasteiger partial charge in [0.15, 0.2) is 0 Å². The number of fused-ring (bicyclic) bond motifs is 4. The van der Waals surface area contributed by atoms with E-state index in [-0.39, 0.29) is 12.5 Å². The third kappa shape index (κ3) is 4.04. The molecule has 0 N–H and O–H groups in total. The third-order valence-electron chi connectivity index (χ3n) is 5.93. The number of rotatable bonds is 0. The Kier molecular flexibility index (Phi) is 5.29. The molecule has 1 aromatic heterocycles. The summed E-state index contributed by atoms with van der Waals surface area (Å²) in [5.74, 6) is 1.12. The van der Waals surface area contributed by atoms with Crippen LogP contribution >= 0.6 is 0 Å². The highest BCUT2D eigenvalue weighted by Gasteiger charge is 2.18. The fourth-order valence-electron chi connectivity index (χ4n) is 4.17. The van der Waals surface area contributed by atoms with Gasteiger partial charge in [-0.15, -0.1) is 0 Å². The van der Waals surface area contributed by atoms with Gasteiger partial charge in [0, 0.05) is 31.7 Å². The van der Waals surface area contributed by atoms with Crippen LogP contribution in [0.1, 0.15) is 11.3 Å². The second-order valence-corrected chi connectivity index (χ2v) is 8.31. The van der Waals surface area contributed by atoms with E-state index in [2.05, 4.69) is 14.4 Å². The van der Waals surface area contributed by atoms with Crippen molar-refractivity contribution in [2.75, 3.05) is 25.5 Å². The zero-order valence-corrected chi connectivity index (χ0v) is 18.5. The monoisotopic (exact) mass is 437 g/mol. The molecule has 5 rings (SSSR count). The number of hydrogen-bond donors (Lipinski definition) is 0. The number of benzene rings is 3. The molecule has 0 radical (unpaired) electrons. The van der Waals surface area contributed by atoms with E-state index in [0.29, 0.717) is 30.3 Å². The van der Waals surface area contributed by atoms with E-state index in [0.717, 1.165) is 27.7 Å². The van der Waals surface area contributed by atoms with E-state index < -0.39 is 0 Å². The van der Waals surface area contributed by atoms with Crippen LogP contribution in [0.3, 0.4) is 0 Å². The zero-order valence-electron chi connectivity index (χ0n) is 18.5. The second-order valence-electron chi connectivity index (χ2n) is 8.31. The lowest BCUT2D eigenvalue weighted by atomic mass is 10.1. The quantitative estimate of drug-likeness (QED) is 0.370. The van der Waals surface area contributed by atoms with Crippen molar-refractivity contribution in [3.63, 3.8) is 0 Å². The first kappa shape index (κ1) is 20.7. The van der Waals surface area contributed by atoms with E-state index in [1.165, 1.54) is 0 Å². The summed E-state index contributed by atoms with van der Waals surface area (Å²) in [5.41, 5.74) is 3.27. The molecule has 1 amide bonds. The summed E-state index contributed by atoms with van der Waals surface area (Å²) >= 11 is 0. The van der Waals surface area contributed by atoms with Crippen molar-refractivity contribution < 1.29 is 9.53 Å². The lowest BCUT2D eigenvalue weighted by molar-refractivity contribution is -0.119. The van der Waals surface area contributed by atoms with Gasteiger partial charge in [0.25, 0.3) is 0 Å². The molecule has 7 nitrogen and oxygen atoms in total. The Morgan fingerprint density at radius 3 is 2.76 bits per heavy atom. The Hall–Kier alpha value is -4.15. The Balaban J connectivity index is 1.66. The second kappa shape index (κ2) is 8.41. The highest BCUT2D eigenvalue weighted by Crippen LogP contribution is 2.36. The number of carbonyl (C=O) groups is 1. The average molecular weight is 438 g/mol. The van der Waals surface area contributed by atoms with E-state index in [9.17, 15) is 4.79 Å². The fourth-order valence-corrected chi connectivity index (χ4v) is 4.17. The molecule has 0 aliphatic carbocycles. The van der Waals surface area contributed by atoms with Gasteiger partial charge in [0.05, 0.1) is 30.8 Å². The molecule has 0 saturated carbocycles. The zero-order chi connectivity index (χ0) is 22.9. The summed E-state index contributed by atoms with van der Waals surface area (Å²) in [6.45, 7) is 9.01. The molecule has 0 unspecified atom stereocenters. The van der Waals surface area contributed by atoms with Gasteiger partial charge in [0.2, 0.25) is 11.6 Å². The van der Waals surface area contributed by atoms with Crippen LogP contribution in [-0.2, 0) is 17.9 Å². The molecule has 164 valence electrons. The molecule has 1 aliphatic rings. The standard InChI is InChI=1S/C26H23N5O2/c1-27-23-10-7-18-11-25(23)33-21-9-8-19-5-4-6-24(22(19)12-21)30(3)26(32)16-29(2)15-20-13-28-17-31(20)14-18/h4-13,17H,14-16H2,2-3H3. The number of hydrogen-bond acceptors (Lipinski definition) is 4. The SMILES string of the molecule is [C-]#[N+]c1ccc2cc1Oc1ccc3cccc(c3c1)N(C)C(=O)CN(C)Cc1cncn1C2. The maximum absolute atomic E-state index is 13.1. The Labute approximate surface area is 192 Å². The average Bonchev–Trinajstić information content (AvgIpc) is 3.24. The van der Waals surface area contributed by atoms with Crippen molar-refractivity contribution in [2.45, 2.75) is 13.1 Å². The summed E-state index contributed by atoms with van der Waals surface area (Å²) in [6.07, 6.45) is 3.61. The molecular formula is C26H23N5O2. The van der Waals surface area contributed by atoms with Gasteiger partial charge in [-0.25, -0.2) is 9.83 Å². The molecular weight excluding hydrogens is 414 g/mol. The lowest BCUT2D eigenvalue weighted by Gasteiger charge is -2.24. The van der Waals surface area contributed by atoms with E-state index in [4.69, 9.17) is 11.3 Å². The molecule has 3 aromatic carbocycles. The molecule has 0 saturated heterocycles. The van der Waals surface area contributed by atoms with Gasteiger partial charge in [-0.1, -0.05) is 30.3 Å². The summed E-state index contributed by atoms with van der Waals surface area (Å²) in [4.78, 5) is 24.7. The van der Waals surface area contributed by atoms with Gasteiger partial charge in [0.1, 0.15) is 11.5 Å². The van der Waals surface area contributed by atoms with Gasteiger partial charge in [-0.05, 0) is 42.3 Å². The fraction of sp³-hybridized carbons (Fsp3) is 0.192. The van der Waals surface area contributed by atoms with Crippen LogP contribution < -0.4 is 9.64 Å². The third-order valence-corrected chi connectivity index (χ3v) is 5.93. The van der Waals surface area contributed by atoms with Crippen LogP contribution in [0.25, 0.3) is 15.6 Å². The molecule has 0 fully saturated rings. The molecule has 1 aliphatic heterocycles. The molecule has 33 heavy (non-hydrogen) atoms. The summed E-state index contributed by atoms with van der Waals surface area (Å²) in [7, 11) is 3.73. The topological polar surface area (TPSA) is 55.0 Å². The van der Waals surface area contributed by atoms with Crippen molar-refractivity contribution in [2.24, 2.45) is 0 Å². The maximum atomic E-state index is 13.1. The van der Waals surface area contributed by atoms with Gasteiger partial charge < -0.3 is 14.2 Å². The summed E-state index contributed by atoms with van der Waals surface area (Å²) in [6, 6.07) is 17.3. The first-order valence-electron chi connectivity index (χ1n) is 10.7. The normalized spacial score (nSPS) is 14.7. The number of aromatic nitrogens is 2. The Bertz CT molecular complexity index is 1400. The number of anilines is 1. The number of likely N-dealkylation sites (N-methyl/N-ethyl adjacent to an activating group) is 2. The Morgan fingerprint density at radius 1 is 1.03 bits per heavy atom. The molecule has 4 bridgehead atoms. The van der Waals surface area contributed by atoms with Crippen molar-refractivity contribution in [3.05, 3.63) is 89.8 Å². The van der Waals surface area contributed by atoms with Crippen molar-refractivity contribution in [1.82, 2.24) is 14.5 Å². The molecule has 0 spiro atoms. The van der Waals surface area contributed by atoms with Gasteiger partial charge >= 0.3 is 0 Å². The van der Waals surface area contributed by atoms with Gasteiger partial charge in [-0.3, -0.25) is 9.69 Å². The summed E-state index contributed by atoms with van der Waals surface area (Å²) < 4.78 is 8.25. The maximum Gasteiger partial charge on any atom is 0.240 e.